The van der Waals surface area contributed by atoms with Crippen LogP contribution in [0.1, 0.15) is 44.9 Å². The van der Waals surface area contributed by atoms with Gasteiger partial charge in [0.25, 0.3) is 0 Å². The smallest absolute Gasteiger partial charge is 0.305 e. The van der Waals surface area contributed by atoms with Gasteiger partial charge in [-0.25, -0.2) is 0 Å². The molecule has 0 unspecified atom stereocenters. The lowest BCUT2D eigenvalue weighted by Crippen LogP contribution is -2.55. The van der Waals surface area contributed by atoms with Crippen LogP contribution in [0, 0.1) is 0 Å². The molecule has 5 nitrogen and oxygen atoms in total. The summed E-state index contributed by atoms with van der Waals surface area (Å²) < 4.78 is 6.00. The average molecular weight is 280 g/mol. The first-order valence-electron chi connectivity index (χ1n) is 7.27. The molecule has 0 aromatic carbocycles. The van der Waals surface area contributed by atoms with Crippen LogP contribution in [0.15, 0.2) is 24.6 Å². The van der Waals surface area contributed by atoms with E-state index < -0.39 is 11.5 Å². The van der Waals surface area contributed by atoms with Crippen LogP contribution in [0.2, 0.25) is 0 Å². The summed E-state index contributed by atoms with van der Waals surface area (Å²) in [6.07, 6.45) is 12.8. The molecule has 4 N–H and O–H groups in total. The predicted molar refractivity (Wildman–Crippen MR) is 77.0 cm³/mol. The van der Waals surface area contributed by atoms with Crippen molar-refractivity contribution < 1.29 is 14.6 Å². The highest BCUT2D eigenvalue weighted by atomic mass is 16.5. The second kappa shape index (κ2) is 6.31. The second-order valence-corrected chi connectivity index (χ2v) is 5.90. The molecule has 0 amide bonds. The van der Waals surface area contributed by atoms with E-state index in [1.807, 2.05) is 0 Å². The second-order valence-electron chi connectivity index (χ2n) is 5.90. The number of ether oxygens (including phenoxy) is 1. The van der Waals surface area contributed by atoms with Crippen molar-refractivity contribution in [3.05, 3.63) is 24.6 Å². The molecular formula is C15H24N2O3. The van der Waals surface area contributed by atoms with Crippen molar-refractivity contribution in [2.45, 2.75) is 56.1 Å². The maximum Gasteiger partial charge on any atom is 0.305 e. The van der Waals surface area contributed by atoms with E-state index >= 15 is 0 Å². The Labute approximate surface area is 119 Å². The number of carbonyl (C=O) groups is 1. The van der Waals surface area contributed by atoms with Crippen molar-refractivity contribution in [3.63, 3.8) is 0 Å². The minimum Gasteiger partial charge on any atom is -0.481 e. The molecule has 5 heteroatoms. The van der Waals surface area contributed by atoms with Gasteiger partial charge in [-0.3, -0.25) is 4.79 Å². The molecule has 0 bridgehead atoms. The number of rotatable bonds is 5. The van der Waals surface area contributed by atoms with E-state index in [0.717, 1.165) is 25.7 Å². The fraction of sp³-hybridized carbons (Fsp3) is 0.667. The topological polar surface area (TPSA) is 84.6 Å². The SMILES string of the molecule is N/C=C\C=C/N[C@]1(CC(=O)O)CCOC2(CCCC2)C1. The number of nitrogens with one attached hydrogen (secondary N) is 1. The third kappa shape index (κ3) is 3.54. The molecule has 1 saturated heterocycles. The summed E-state index contributed by atoms with van der Waals surface area (Å²) >= 11 is 0. The van der Waals surface area contributed by atoms with E-state index in [1.165, 1.54) is 19.0 Å². The van der Waals surface area contributed by atoms with Crippen molar-refractivity contribution in [3.8, 4) is 0 Å². The van der Waals surface area contributed by atoms with Crippen LogP contribution >= 0.6 is 0 Å². The quantitative estimate of drug-likeness (QED) is 0.670. The summed E-state index contributed by atoms with van der Waals surface area (Å²) in [7, 11) is 0. The Kier molecular flexibility index (Phi) is 4.70. The maximum atomic E-state index is 11.2. The highest BCUT2D eigenvalue weighted by Gasteiger charge is 2.47. The molecule has 1 aliphatic carbocycles. The first kappa shape index (κ1) is 14.9. The molecule has 1 spiro atoms. The number of nitrogens with two attached hydrogens (primary N) is 1. The monoisotopic (exact) mass is 280 g/mol. The van der Waals surface area contributed by atoms with E-state index in [2.05, 4.69) is 5.32 Å². The fourth-order valence-corrected chi connectivity index (χ4v) is 3.52. The Bertz CT molecular complexity index is 400. The van der Waals surface area contributed by atoms with E-state index in [0.29, 0.717) is 6.61 Å². The molecular weight excluding hydrogens is 256 g/mol. The van der Waals surface area contributed by atoms with Gasteiger partial charge < -0.3 is 20.9 Å². The van der Waals surface area contributed by atoms with E-state index in [-0.39, 0.29) is 12.0 Å². The molecule has 1 atom stereocenters. The Hall–Kier alpha value is -1.49. The van der Waals surface area contributed by atoms with Crippen molar-refractivity contribution in [1.29, 1.82) is 0 Å². The average Bonchev–Trinajstić information content (AvgIpc) is 2.82. The lowest BCUT2D eigenvalue weighted by molar-refractivity contribution is -0.144. The highest BCUT2D eigenvalue weighted by molar-refractivity contribution is 5.68. The predicted octanol–water partition coefficient (Wildman–Crippen LogP) is 1.90. The molecule has 2 aliphatic rings. The summed E-state index contributed by atoms with van der Waals surface area (Å²) in [4.78, 5) is 11.2. The minimum absolute atomic E-state index is 0.113. The van der Waals surface area contributed by atoms with Gasteiger partial charge in [0.05, 0.1) is 17.6 Å². The van der Waals surface area contributed by atoms with E-state index in [4.69, 9.17) is 10.5 Å². The van der Waals surface area contributed by atoms with Crippen molar-refractivity contribution in [2.75, 3.05) is 6.61 Å². The molecule has 112 valence electrons. The molecule has 1 aliphatic heterocycles. The normalized spacial score (nSPS) is 29.4. The number of carboxylic acid groups (broad SMARTS) is 1. The Morgan fingerprint density at radius 1 is 1.30 bits per heavy atom. The Balaban J connectivity index is 2.11. The summed E-state index contributed by atoms with van der Waals surface area (Å²) in [5.41, 5.74) is 4.76. The van der Waals surface area contributed by atoms with Gasteiger partial charge in [-0.15, -0.1) is 0 Å². The van der Waals surface area contributed by atoms with Crippen LogP contribution in [0.4, 0.5) is 0 Å². The number of hydrogen-bond donors (Lipinski definition) is 3. The van der Waals surface area contributed by atoms with Gasteiger partial charge in [-0.2, -0.15) is 0 Å². The molecule has 1 saturated carbocycles. The zero-order valence-electron chi connectivity index (χ0n) is 11.8. The first-order valence-corrected chi connectivity index (χ1v) is 7.27. The molecule has 1 heterocycles. The highest BCUT2D eigenvalue weighted by Crippen LogP contribution is 2.44. The van der Waals surface area contributed by atoms with E-state index in [1.54, 1.807) is 18.4 Å². The Morgan fingerprint density at radius 3 is 2.70 bits per heavy atom. The van der Waals surface area contributed by atoms with Gasteiger partial charge in [-0.1, -0.05) is 12.8 Å². The van der Waals surface area contributed by atoms with Gasteiger partial charge in [0.15, 0.2) is 0 Å². The van der Waals surface area contributed by atoms with Gasteiger partial charge in [0.1, 0.15) is 0 Å². The summed E-state index contributed by atoms with van der Waals surface area (Å²) in [5.74, 6) is -0.768. The molecule has 0 radical (unpaired) electrons. The first-order chi connectivity index (χ1) is 9.60. The minimum atomic E-state index is -0.768. The number of carboxylic acids is 1. The van der Waals surface area contributed by atoms with Crippen LogP contribution in [0.25, 0.3) is 0 Å². The third-order valence-corrected chi connectivity index (χ3v) is 4.36. The number of allylic oxidation sites excluding steroid dienone is 2. The van der Waals surface area contributed by atoms with Crippen molar-refractivity contribution in [1.82, 2.24) is 5.32 Å². The lowest BCUT2D eigenvalue weighted by Gasteiger charge is -2.46. The maximum absolute atomic E-state index is 11.2. The molecule has 20 heavy (non-hydrogen) atoms. The zero-order valence-corrected chi connectivity index (χ0v) is 11.8. The lowest BCUT2D eigenvalue weighted by atomic mass is 9.76. The van der Waals surface area contributed by atoms with Crippen LogP contribution in [0.3, 0.4) is 0 Å². The summed E-state index contributed by atoms with van der Waals surface area (Å²) in [5, 5.41) is 12.5. The molecule has 0 aromatic rings. The van der Waals surface area contributed by atoms with Crippen LogP contribution in [-0.4, -0.2) is 28.8 Å². The third-order valence-electron chi connectivity index (χ3n) is 4.36. The number of hydrogen-bond acceptors (Lipinski definition) is 4. The van der Waals surface area contributed by atoms with Crippen molar-refractivity contribution in [2.24, 2.45) is 5.73 Å². The van der Waals surface area contributed by atoms with Crippen LogP contribution in [-0.2, 0) is 9.53 Å². The Morgan fingerprint density at radius 2 is 2.05 bits per heavy atom. The fourth-order valence-electron chi connectivity index (χ4n) is 3.52. The van der Waals surface area contributed by atoms with Crippen LogP contribution in [0.5, 0.6) is 0 Å². The standard InChI is InChI=1S/C15H24N2O3/c16-8-3-4-9-17-14(11-13(18)19)7-10-20-15(12-14)5-1-2-6-15/h3-4,8-9,17H,1-2,5-7,10-12,16H2,(H,18,19)/b8-3-,9-4-/t14-/m0/s1. The largest absolute Gasteiger partial charge is 0.481 e. The number of aliphatic carboxylic acids is 1. The molecule has 2 fully saturated rings. The van der Waals surface area contributed by atoms with Gasteiger partial charge in [0, 0.05) is 13.0 Å². The van der Waals surface area contributed by atoms with Gasteiger partial charge >= 0.3 is 5.97 Å². The van der Waals surface area contributed by atoms with Crippen molar-refractivity contribution >= 4 is 5.97 Å². The van der Waals surface area contributed by atoms with E-state index in [9.17, 15) is 9.90 Å². The molecule has 2 rings (SSSR count). The van der Waals surface area contributed by atoms with Gasteiger partial charge in [0.2, 0.25) is 0 Å². The summed E-state index contributed by atoms with van der Waals surface area (Å²) in [6, 6.07) is 0. The van der Waals surface area contributed by atoms with Gasteiger partial charge in [-0.05, 0) is 43.8 Å². The summed E-state index contributed by atoms with van der Waals surface area (Å²) in [6.45, 7) is 0.626. The zero-order chi connectivity index (χ0) is 14.5. The van der Waals surface area contributed by atoms with Crippen LogP contribution < -0.4 is 11.1 Å². The molecule has 0 aromatic heterocycles.